The molecule has 0 saturated heterocycles. The molecule has 0 N–H and O–H groups in total. The molecular formula is C12H20O. The number of hydrogen-bond acceptors (Lipinski definition) is 1. The molecule has 1 aliphatic carbocycles. The van der Waals surface area contributed by atoms with E-state index in [0.717, 1.165) is 24.8 Å². The van der Waals surface area contributed by atoms with Gasteiger partial charge in [-0.3, -0.25) is 4.79 Å². The molecule has 0 amide bonds. The molecule has 0 bridgehead atoms. The van der Waals surface area contributed by atoms with Crippen LogP contribution in [0.15, 0.2) is 11.6 Å². The number of Topliss-reactive ketones (excluding diaryl/α,β-unsaturated/α-hetero) is 1. The quantitative estimate of drug-likeness (QED) is 0.633. The van der Waals surface area contributed by atoms with Crippen molar-refractivity contribution in [2.75, 3.05) is 0 Å². The summed E-state index contributed by atoms with van der Waals surface area (Å²) in [4.78, 5) is 11.3. The average molecular weight is 180 g/mol. The molecule has 1 unspecified atom stereocenters. The first-order valence-corrected chi connectivity index (χ1v) is 5.46. The highest BCUT2D eigenvalue weighted by molar-refractivity contribution is 5.97. The Labute approximate surface area is 81.2 Å². The normalized spacial score (nSPS) is 18.9. The van der Waals surface area contributed by atoms with Gasteiger partial charge < -0.3 is 0 Å². The zero-order valence-corrected chi connectivity index (χ0v) is 8.81. The molecule has 74 valence electrons. The van der Waals surface area contributed by atoms with Gasteiger partial charge in [-0.25, -0.2) is 0 Å². The molecule has 1 aliphatic rings. The third-order valence-corrected chi connectivity index (χ3v) is 2.74. The van der Waals surface area contributed by atoms with Crippen molar-refractivity contribution in [1.29, 1.82) is 0 Å². The molecule has 0 aliphatic heterocycles. The van der Waals surface area contributed by atoms with Gasteiger partial charge in [0.25, 0.3) is 0 Å². The zero-order valence-electron chi connectivity index (χ0n) is 8.81. The molecule has 13 heavy (non-hydrogen) atoms. The first kappa shape index (κ1) is 10.5. The molecule has 0 heterocycles. The molecular weight excluding hydrogens is 160 g/mol. The molecule has 1 rings (SSSR count). The first-order valence-electron chi connectivity index (χ1n) is 5.46. The number of ketones is 1. The van der Waals surface area contributed by atoms with E-state index in [1.807, 2.05) is 0 Å². The molecule has 1 nitrogen and oxygen atoms in total. The Morgan fingerprint density at radius 3 is 2.85 bits per heavy atom. The van der Waals surface area contributed by atoms with Crippen molar-refractivity contribution < 1.29 is 4.79 Å². The van der Waals surface area contributed by atoms with Gasteiger partial charge in [-0.15, -0.1) is 0 Å². The molecule has 0 aromatic rings. The minimum absolute atomic E-state index is 0.392. The van der Waals surface area contributed by atoms with Gasteiger partial charge in [-0.2, -0.15) is 0 Å². The molecule has 0 saturated carbocycles. The Kier molecular flexibility index (Phi) is 4.20. The van der Waals surface area contributed by atoms with Crippen molar-refractivity contribution in [2.45, 2.75) is 52.4 Å². The van der Waals surface area contributed by atoms with Crippen LogP contribution in [-0.2, 0) is 4.79 Å². The topological polar surface area (TPSA) is 17.1 Å². The van der Waals surface area contributed by atoms with E-state index in [0.29, 0.717) is 11.7 Å². The lowest BCUT2D eigenvalue weighted by Crippen LogP contribution is -2.02. The smallest absolute Gasteiger partial charge is 0.158 e. The molecule has 0 spiro atoms. The Hall–Kier alpha value is -0.590. The molecule has 0 radical (unpaired) electrons. The number of carbonyl (C=O) groups excluding carboxylic acids is 1. The van der Waals surface area contributed by atoms with Crippen LogP contribution in [-0.4, -0.2) is 5.78 Å². The van der Waals surface area contributed by atoms with E-state index < -0.39 is 0 Å². The first-order chi connectivity index (χ1) is 6.24. The summed E-state index contributed by atoms with van der Waals surface area (Å²) in [7, 11) is 0. The number of allylic oxidation sites excluding steroid dienone is 2. The Morgan fingerprint density at radius 1 is 1.54 bits per heavy atom. The van der Waals surface area contributed by atoms with Crippen molar-refractivity contribution in [3.63, 3.8) is 0 Å². The summed E-state index contributed by atoms with van der Waals surface area (Å²) in [6.07, 6.45) is 8.70. The predicted octanol–water partition coefficient (Wildman–Crippen LogP) is 3.49. The van der Waals surface area contributed by atoms with Crippen molar-refractivity contribution in [3.8, 4) is 0 Å². The van der Waals surface area contributed by atoms with Crippen LogP contribution in [0.25, 0.3) is 0 Å². The monoisotopic (exact) mass is 180 g/mol. The molecule has 0 fully saturated rings. The molecule has 0 aromatic heterocycles. The fraction of sp³-hybridized carbons (Fsp3) is 0.750. The minimum atomic E-state index is 0.392. The molecule has 1 atom stereocenters. The van der Waals surface area contributed by atoms with Crippen LogP contribution in [0, 0.1) is 5.92 Å². The van der Waals surface area contributed by atoms with Gasteiger partial charge in [-0.1, -0.05) is 39.2 Å². The van der Waals surface area contributed by atoms with E-state index in [4.69, 9.17) is 0 Å². The van der Waals surface area contributed by atoms with Gasteiger partial charge >= 0.3 is 0 Å². The van der Waals surface area contributed by atoms with E-state index in [-0.39, 0.29) is 0 Å². The summed E-state index contributed by atoms with van der Waals surface area (Å²) < 4.78 is 0. The maximum Gasteiger partial charge on any atom is 0.158 e. The van der Waals surface area contributed by atoms with Crippen molar-refractivity contribution >= 4 is 5.78 Å². The molecule has 0 aromatic carbocycles. The van der Waals surface area contributed by atoms with Crippen LogP contribution in [0.3, 0.4) is 0 Å². The van der Waals surface area contributed by atoms with Gasteiger partial charge in [-0.05, 0) is 24.3 Å². The van der Waals surface area contributed by atoms with Gasteiger partial charge in [0.2, 0.25) is 0 Å². The summed E-state index contributed by atoms with van der Waals surface area (Å²) in [5, 5.41) is 0. The van der Waals surface area contributed by atoms with Gasteiger partial charge in [0.15, 0.2) is 5.78 Å². The number of unbranched alkanes of at least 4 members (excludes halogenated alkanes) is 1. The van der Waals surface area contributed by atoms with Gasteiger partial charge in [0, 0.05) is 6.42 Å². The lowest BCUT2D eigenvalue weighted by molar-refractivity contribution is -0.115. The van der Waals surface area contributed by atoms with E-state index in [2.05, 4.69) is 19.9 Å². The fourth-order valence-corrected chi connectivity index (χ4v) is 1.88. The second kappa shape index (κ2) is 5.21. The van der Waals surface area contributed by atoms with Crippen molar-refractivity contribution in [1.82, 2.24) is 0 Å². The Morgan fingerprint density at radius 2 is 2.31 bits per heavy atom. The van der Waals surface area contributed by atoms with E-state index >= 15 is 0 Å². The summed E-state index contributed by atoms with van der Waals surface area (Å²) in [6, 6.07) is 0. The highest BCUT2D eigenvalue weighted by Crippen LogP contribution is 2.23. The van der Waals surface area contributed by atoms with Gasteiger partial charge in [0.05, 0.1) is 0 Å². The minimum Gasteiger partial charge on any atom is -0.295 e. The largest absolute Gasteiger partial charge is 0.295 e. The highest BCUT2D eigenvalue weighted by Gasteiger charge is 2.16. The lowest BCUT2D eigenvalue weighted by atomic mass is 9.95. The third-order valence-electron chi connectivity index (χ3n) is 2.74. The van der Waals surface area contributed by atoms with Crippen LogP contribution in [0.5, 0.6) is 0 Å². The number of rotatable bonds is 5. The SMILES string of the molecule is CCCCC(C)CC1=CCCC1=O. The van der Waals surface area contributed by atoms with Crippen LogP contribution in [0.4, 0.5) is 0 Å². The maximum absolute atomic E-state index is 11.3. The summed E-state index contributed by atoms with van der Waals surface area (Å²) >= 11 is 0. The number of carbonyl (C=O) groups is 1. The van der Waals surface area contributed by atoms with Crippen LogP contribution in [0.2, 0.25) is 0 Å². The lowest BCUT2D eigenvalue weighted by Gasteiger charge is -2.10. The van der Waals surface area contributed by atoms with Crippen molar-refractivity contribution in [3.05, 3.63) is 11.6 Å². The fourth-order valence-electron chi connectivity index (χ4n) is 1.88. The highest BCUT2D eigenvalue weighted by atomic mass is 16.1. The second-order valence-electron chi connectivity index (χ2n) is 4.14. The zero-order chi connectivity index (χ0) is 9.68. The van der Waals surface area contributed by atoms with Crippen LogP contribution in [0.1, 0.15) is 52.4 Å². The van der Waals surface area contributed by atoms with Crippen LogP contribution >= 0.6 is 0 Å². The number of hydrogen-bond donors (Lipinski definition) is 0. The van der Waals surface area contributed by atoms with Crippen molar-refractivity contribution in [2.24, 2.45) is 5.92 Å². The second-order valence-corrected chi connectivity index (χ2v) is 4.14. The maximum atomic E-state index is 11.3. The summed E-state index contributed by atoms with van der Waals surface area (Å²) in [5.74, 6) is 1.08. The Balaban J connectivity index is 2.27. The van der Waals surface area contributed by atoms with E-state index in [1.54, 1.807) is 0 Å². The van der Waals surface area contributed by atoms with Gasteiger partial charge in [0.1, 0.15) is 0 Å². The average Bonchev–Trinajstić information content (AvgIpc) is 2.48. The van der Waals surface area contributed by atoms with E-state index in [1.165, 1.54) is 19.3 Å². The molecule has 1 heteroatoms. The standard InChI is InChI=1S/C12H20O/c1-3-4-6-10(2)9-11-7-5-8-12(11)13/h7,10H,3-6,8-9H2,1-2H3. The summed E-state index contributed by atoms with van der Waals surface area (Å²) in [6.45, 7) is 4.47. The Bertz CT molecular complexity index is 203. The summed E-state index contributed by atoms with van der Waals surface area (Å²) in [5.41, 5.74) is 1.10. The predicted molar refractivity (Wildman–Crippen MR) is 55.6 cm³/mol. The van der Waals surface area contributed by atoms with E-state index in [9.17, 15) is 4.79 Å². The van der Waals surface area contributed by atoms with Crippen LogP contribution < -0.4 is 0 Å². The third kappa shape index (κ3) is 3.33.